The number of hydrogen-bond acceptors (Lipinski definition) is 1. The van der Waals surface area contributed by atoms with Crippen molar-refractivity contribution in [1.29, 1.82) is 0 Å². The highest BCUT2D eigenvalue weighted by molar-refractivity contribution is 6.21. The van der Waals surface area contributed by atoms with Gasteiger partial charge in [-0.25, -0.2) is 0 Å². The van der Waals surface area contributed by atoms with Gasteiger partial charge < -0.3 is 5.32 Å². The zero-order chi connectivity index (χ0) is 11.1. The first kappa shape index (κ1) is 13.3. The second-order valence-electron chi connectivity index (χ2n) is 5.25. The molecule has 0 aromatic rings. The lowest BCUT2D eigenvalue weighted by Gasteiger charge is -2.21. The Morgan fingerprint density at radius 1 is 1.20 bits per heavy atom. The van der Waals surface area contributed by atoms with Crippen molar-refractivity contribution in [3.05, 3.63) is 0 Å². The van der Waals surface area contributed by atoms with Crippen LogP contribution in [0.4, 0.5) is 0 Å². The Kier molecular flexibility index (Phi) is 6.67. The highest BCUT2D eigenvalue weighted by Crippen LogP contribution is 2.22. The molecule has 1 nitrogen and oxygen atoms in total. The summed E-state index contributed by atoms with van der Waals surface area (Å²) in [4.78, 5) is 0. The van der Waals surface area contributed by atoms with E-state index in [2.05, 4.69) is 19.2 Å². The maximum absolute atomic E-state index is 6.37. The number of alkyl halides is 1. The zero-order valence-electron chi connectivity index (χ0n) is 10.3. The van der Waals surface area contributed by atoms with E-state index >= 15 is 0 Å². The second-order valence-corrected chi connectivity index (χ2v) is 5.81. The van der Waals surface area contributed by atoms with Crippen molar-refractivity contribution in [2.45, 2.75) is 70.2 Å². The van der Waals surface area contributed by atoms with Crippen molar-refractivity contribution in [2.24, 2.45) is 5.92 Å². The predicted molar refractivity (Wildman–Crippen MR) is 68.6 cm³/mol. The summed E-state index contributed by atoms with van der Waals surface area (Å²) in [6.07, 6.45) is 9.13. The fourth-order valence-corrected chi connectivity index (χ4v) is 2.66. The highest BCUT2D eigenvalue weighted by Gasteiger charge is 2.20. The van der Waals surface area contributed by atoms with Gasteiger partial charge in [-0.3, -0.25) is 0 Å². The minimum absolute atomic E-state index is 0.367. The average molecular weight is 232 g/mol. The molecular formula is C13H26ClN. The maximum atomic E-state index is 6.37. The van der Waals surface area contributed by atoms with Crippen LogP contribution in [-0.4, -0.2) is 18.0 Å². The Morgan fingerprint density at radius 2 is 1.93 bits per heavy atom. The molecule has 0 spiro atoms. The summed E-state index contributed by atoms with van der Waals surface area (Å²) < 4.78 is 0. The topological polar surface area (TPSA) is 12.0 Å². The van der Waals surface area contributed by atoms with Gasteiger partial charge in [-0.15, -0.1) is 11.6 Å². The summed E-state index contributed by atoms with van der Waals surface area (Å²) in [6.45, 7) is 5.72. The number of nitrogens with one attached hydrogen (secondary N) is 1. The van der Waals surface area contributed by atoms with Crippen molar-refractivity contribution in [3.63, 3.8) is 0 Å². The summed E-state index contributed by atoms with van der Waals surface area (Å²) in [5.41, 5.74) is 0. The molecule has 0 aliphatic heterocycles. The number of halogens is 1. The summed E-state index contributed by atoms with van der Waals surface area (Å²) in [5.74, 6) is 0.827. The molecule has 0 aromatic heterocycles. The summed E-state index contributed by atoms with van der Waals surface area (Å²) in [5, 5.41) is 4.00. The van der Waals surface area contributed by atoms with Crippen LogP contribution in [0.3, 0.4) is 0 Å². The quantitative estimate of drug-likeness (QED) is 0.429. The van der Waals surface area contributed by atoms with Gasteiger partial charge in [0.1, 0.15) is 0 Å². The molecule has 2 unspecified atom stereocenters. The van der Waals surface area contributed by atoms with Crippen molar-refractivity contribution in [3.8, 4) is 0 Å². The molecule has 0 radical (unpaired) electrons. The molecule has 90 valence electrons. The zero-order valence-corrected chi connectivity index (χ0v) is 11.0. The Bertz CT molecular complexity index is 159. The average Bonchev–Trinajstić information content (AvgIpc) is 2.38. The van der Waals surface area contributed by atoms with Crippen LogP contribution in [-0.2, 0) is 0 Å². The largest absolute Gasteiger partial charge is 0.313 e. The Morgan fingerprint density at radius 3 is 2.67 bits per heavy atom. The van der Waals surface area contributed by atoms with Crippen molar-refractivity contribution < 1.29 is 0 Å². The Hall–Kier alpha value is 0.250. The van der Waals surface area contributed by atoms with Crippen molar-refractivity contribution in [2.75, 3.05) is 6.54 Å². The van der Waals surface area contributed by atoms with Gasteiger partial charge >= 0.3 is 0 Å². The van der Waals surface area contributed by atoms with E-state index in [1.807, 2.05) is 0 Å². The van der Waals surface area contributed by atoms with Gasteiger partial charge in [0, 0.05) is 11.4 Å². The number of rotatable bonds is 5. The molecule has 0 bridgehead atoms. The Balaban J connectivity index is 2.12. The molecule has 0 heterocycles. The van der Waals surface area contributed by atoms with E-state index in [9.17, 15) is 0 Å². The molecule has 1 N–H and O–H groups in total. The van der Waals surface area contributed by atoms with Gasteiger partial charge in [0.05, 0.1) is 0 Å². The van der Waals surface area contributed by atoms with Gasteiger partial charge in [-0.1, -0.05) is 33.1 Å². The number of hydrogen-bond donors (Lipinski definition) is 1. The third-order valence-electron chi connectivity index (χ3n) is 3.30. The molecular weight excluding hydrogens is 206 g/mol. The van der Waals surface area contributed by atoms with Crippen LogP contribution in [0.1, 0.15) is 58.8 Å². The van der Waals surface area contributed by atoms with Crippen LogP contribution in [0, 0.1) is 5.92 Å². The van der Waals surface area contributed by atoms with Gasteiger partial charge in [0.25, 0.3) is 0 Å². The van der Waals surface area contributed by atoms with E-state index in [4.69, 9.17) is 11.6 Å². The van der Waals surface area contributed by atoms with Gasteiger partial charge in [-0.2, -0.15) is 0 Å². The van der Waals surface area contributed by atoms with Crippen molar-refractivity contribution >= 4 is 11.6 Å². The lowest BCUT2D eigenvalue weighted by Crippen LogP contribution is -2.36. The molecule has 0 saturated heterocycles. The Labute approximate surface area is 100.0 Å². The van der Waals surface area contributed by atoms with Crippen LogP contribution in [0.25, 0.3) is 0 Å². The van der Waals surface area contributed by atoms with E-state index < -0.39 is 0 Å². The summed E-state index contributed by atoms with van der Waals surface area (Å²) in [6, 6.07) is 0.571. The maximum Gasteiger partial charge on any atom is 0.0489 e. The molecule has 1 saturated carbocycles. The van der Waals surface area contributed by atoms with Gasteiger partial charge in [0.2, 0.25) is 0 Å². The predicted octanol–water partition coefficient (Wildman–Crippen LogP) is 3.95. The van der Waals surface area contributed by atoms with Crippen LogP contribution >= 0.6 is 11.6 Å². The first-order valence-corrected chi connectivity index (χ1v) is 7.01. The minimum atomic E-state index is 0.367. The van der Waals surface area contributed by atoms with Crippen LogP contribution in [0.2, 0.25) is 0 Å². The van der Waals surface area contributed by atoms with E-state index in [-0.39, 0.29) is 0 Å². The smallest absolute Gasteiger partial charge is 0.0489 e. The van der Waals surface area contributed by atoms with E-state index in [1.165, 1.54) is 44.9 Å². The standard InChI is InChI=1S/C13H26ClN/c1-11(2)7-6-10-15-13-9-5-3-4-8-12(13)14/h11-13,15H,3-10H2,1-2H3. The first-order valence-electron chi connectivity index (χ1n) is 6.57. The molecule has 1 rings (SSSR count). The lowest BCUT2D eigenvalue weighted by atomic mass is 10.1. The van der Waals surface area contributed by atoms with Crippen LogP contribution < -0.4 is 5.32 Å². The minimum Gasteiger partial charge on any atom is -0.313 e. The molecule has 1 aliphatic carbocycles. The van der Waals surface area contributed by atoms with Gasteiger partial charge in [-0.05, 0) is 38.1 Å². The molecule has 15 heavy (non-hydrogen) atoms. The van der Waals surface area contributed by atoms with E-state index in [1.54, 1.807) is 0 Å². The fourth-order valence-electron chi connectivity index (χ4n) is 2.29. The molecule has 1 aliphatic rings. The molecule has 2 heteroatoms. The molecule has 0 aromatic carbocycles. The summed E-state index contributed by atoms with van der Waals surface area (Å²) >= 11 is 6.37. The van der Waals surface area contributed by atoms with Gasteiger partial charge in [0.15, 0.2) is 0 Å². The summed E-state index contributed by atoms with van der Waals surface area (Å²) in [7, 11) is 0. The second kappa shape index (κ2) is 7.51. The third-order valence-corrected chi connectivity index (χ3v) is 3.82. The molecule has 1 fully saturated rings. The first-order chi connectivity index (χ1) is 7.20. The monoisotopic (exact) mass is 231 g/mol. The SMILES string of the molecule is CC(C)CCCNC1CCCCCC1Cl. The molecule has 0 amide bonds. The van der Waals surface area contributed by atoms with E-state index in [0.29, 0.717) is 11.4 Å². The van der Waals surface area contributed by atoms with Crippen LogP contribution in [0.5, 0.6) is 0 Å². The normalized spacial score (nSPS) is 28.0. The van der Waals surface area contributed by atoms with E-state index in [0.717, 1.165) is 12.5 Å². The fraction of sp³-hybridized carbons (Fsp3) is 1.00. The lowest BCUT2D eigenvalue weighted by molar-refractivity contribution is 0.441. The molecule has 2 atom stereocenters. The third kappa shape index (κ3) is 5.77. The highest BCUT2D eigenvalue weighted by atomic mass is 35.5. The van der Waals surface area contributed by atoms with Crippen LogP contribution in [0.15, 0.2) is 0 Å². The van der Waals surface area contributed by atoms with Crippen molar-refractivity contribution in [1.82, 2.24) is 5.32 Å².